The van der Waals surface area contributed by atoms with Crippen LogP contribution in [0.2, 0.25) is 0 Å². The van der Waals surface area contributed by atoms with Crippen LogP contribution in [0.25, 0.3) is 0 Å². The number of benzene rings is 1. The van der Waals surface area contributed by atoms with Gasteiger partial charge in [0.1, 0.15) is 17.4 Å². The van der Waals surface area contributed by atoms with Gasteiger partial charge in [-0.3, -0.25) is 9.69 Å². The second kappa shape index (κ2) is 7.67. The van der Waals surface area contributed by atoms with Gasteiger partial charge in [0.2, 0.25) is 0 Å². The molecule has 3 unspecified atom stereocenters. The smallest absolute Gasteiger partial charge is 0.414 e. The zero-order chi connectivity index (χ0) is 23.5. The van der Waals surface area contributed by atoms with E-state index in [0.29, 0.717) is 19.6 Å². The number of halogens is 2. The predicted octanol–water partition coefficient (Wildman–Crippen LogP) is 2.61. The molecule has 33 heavy (non-hydrogen) atoms. The molecule has 3 heterocycles. The Hall–Kier alpha value is -3.24. The Labute approximate surface area is 189 Å². The summed E-state index contributed by atoms with van der Waals surface area (Å²) in [5.41, 5.74) is -0.608. The lowest BCUT2D eigenvalue weighted by Crippen LogP contribution is -2.31. The van der Waals surface area contributed by atoms with Crippen molar-refractivity contribution in [2.24, 2.45) is 17.8 Å². The van der Waals surface area contributed by atoms with Gasteiger partial charge < -0.3 is 14.4 Å². The SMILES string of the molecule is CC(C)(C)OC(=O)C1C2CN(c3c(F)cc(N4CC(Cn5ccnn5)OC4=O)cc3F)CC21. The van der Waals surface area contributed by atoms with Crippen LogP contribution in [0.4, 0.5) is 25.0 Å². The molecule has 1 aromatic carbocycles. The normalized spacial score (nSPS) is 26.4. The van der Waals surface area contributed by atoms with Crippen molar-refractivity contribution < 1.29 is 27.8 Å². The van der Waals surface area contributed by atoms with E-state index in [1.165, 1.54) is 15.8 Å². The van der Waals surface area contributed by atoms with Crippen molar-refractivity contribution in [1.29, 1.82) is 0 Å². The average molecular weight is 461 g/mol. The number of hydrogen-bond donors (Lipinski definition) is 0. The van der Waals surface area contributed by atoms with Crippen molar-refractivity contribution >= 4 is 23.4 Å². The molecule has 1 saturated carbocycles. The predicted molar refractivity (Wildman–Crippen MR) is 113 cm³/mol. The maximum absolute atomic E-state index is 15.0. The Morgan fingerprint density at radius 1 is 1.18 bits per heavy atom. The van der Waals surface area contributed by atoms with Crippen molar-refractivity contribution in [1.82, 2.24) is 15.0 Å². The summed E-state index contributed by atoms with van der Waals surface area (Å²) < 4.78 is 42.3. The van der Waals surface area contributed by atoms with Crippen LogP contribution in [0.3, 0.4) is 0 Å². The molecule has 9 nitrogen and oxygen atoms in total. The largest absolute Gasteiger partial charge is 0.460 e. The third kappa shape index (κ3) is 4.11. The molecule has 3 aliphatic rings. The second-order valence-corrected chi connectivity index (χ2v) is 9.79. The van der Waals surface area contributed by atoms with E-state index in [4.69, 9.17) is 9.47 Å². The molecule has 2 saturated heterocycles. The summed E-state index contributed by atoms with van der Waals surface area (Å²) in [6.07, 6.45) is 1.96. The van der Waals surface area contributed by atoms with Gasteiger partial charge >= 0.3 is 12.1 Å². The summed E-state index contributed by atoms with van der Waals surface area (Å²) in [6, 6.07) is 2.29. The fourth-order valence-electron chi connectivity index (χ4n) is 4.80. The van der Waals surface area contributed by atoms with E-state index in [2.05, 4.69) is 10.3 Å². The minimum Gasteiger partial charge on any atom is -0.460 e. The van der Waals surface area contributed by atoms with Gasteiger partial charge in [0.15, 0.2) is 11.6 Å². The van der Waals surface area contributed by atoms with E-state index < -0.39 is 29.4 Å². The number of hydrogen-bond acceptors (Lipinski definition) is 7. The molecule has 2 aliphatic heterocycles. The summed E-state index contributed by atoms with van der Waals surface area (Å²) in [5.74, 6) is -1.91. The Kier molecular flexibility index (Phi) is 5.02. The maximum Gasteiger partial charge on any atom is 0.414 e. The van der Waals surface area contributed by atoms with Gasteiger partial charge in [-0.25, -0.2) is 18.3 Å². The van der Waals surface area contributed by atoms with E-state index in [-0.39, 0.29) is 41.6 Å². The van der Waals surface area contributed by atoms with Crippen molar-refractivity contribution in [2.75, 3.05) is 29.4 Å². The Morgan fingerprint density at radius 2 is 1.85 bits per heavy atom. The summed E-state index contributed by atoms with van der Waals surface area (Å²) >= 11 is 0. The third-order valence-corrected chi connectivity index (χ3v) is 6.24. The summed E-state index contributed by atoms with van der Waals surface area (Å²) in [4.78, 5) is 27.4. The lowest BCUT2D eigenvalue weighted by atomic mass is 10.1. The molecule has 1 aliphatic carbocycles. The number of anilines is 2. The fraction of sp³-hybridized carbons (Fsp3) is 0.545. The van der Waals surface area contributed by atoms with Gasteiger partial charge in [-0.05, 0) is 32.6 Å². The number of ether oxygens (including phenoxy) is 2. The van der Waals surface area contributed by atoms with Crippen LogP contribution in [0, 0.1) is 29.4 Å². The molecule has 0 N–H and O–H groups in total. The highest BCUT2D eigenvalue weighted by Crippen LogP contribution is 2.54. The Bertz CT molecular complexity index is 1050. The first-order chi connectivity index (χ1) is 15.6. The molecular formula is C22H25F2N5O4. The number of fused-ring (bicyclic) bond motifs is 1. The first-order valence-corrected chi connectivity index (χ1v) is 10.9. The molecule has 0 radical (unpaired) electrons. The third-order valence-electron chi connectivity index (χ3n) is 6.24. The number of carbonyl (C=O) groups is 2. The van der Waals surface area contributed by atoms with Gasteiger partial charge in [-0.1, -0.05) is 5.21 Å². The molecule has 5 rings (SSSR count). The van der Waals surface area contributed by atoms with Crippen molar-refractivity contribution in [3.05, 3.63) is 36.2 Å². The number of nitrogens with zero attached hydrogens (tertiary/aromatic N) is 5. The first-order valence-electron chi connectivity index (χ1n) is 10.9. The van der Waals surface area contributed by atoms with E-state index in [0.717, 1.165) is 12.1 Å². The Balaban J connectivity index is 1.25. The molecule has 176 valence electrons. The zero-order valence-corrected chi connectivity index (χ0v) is 18.6. The minimum absolute atomic E-state index is 0.0319. The quantitative estimate of drug-likeness (QED) is 0.633. The molecular weight excluding hydrogens is 436 g/mol. The number of carbonyl (C=O) groups excluding carboxylic acids is 2. The number of amides is 1. The van der Waals surface area contributed by atoms with Crippen LogP contribution in [0.15, 0.2) is 24.5 Å². The van der Waals surface area contributed by atoms with Crippen LogP contribution in [-0.4, -0.2) is 58.4 Å². The molecule has 1 amide bonds. The summed E-state index contributed by atoms with van der Waals surface area (Å²) in [6.45, 7) is 6.64. The van der Waals surface area contributed by atoms with Crippen LogP contribution in [0.5, 0.6) is 0 Å². The van der Waals surface area contributed by atoms with Crippen molar-refractivity contribution in [3.63, 3.8) is 0 Å². The standard InChI is InChI=1S/C22H25F2N5O4/c1-22(2,3)33-20(30)18-14-10-27(11-15(14)18)19-16(23)6-12(7-17(19)24)29-9-13(32-21(29)31)8-28-5-4-25-26-28/h4-7,13-15,18H,8-11H2,1-3H3. The van der Waals surface area contributed by atoms with Crippen LogP contribution in [-0.2, 0) is 20.8 Å². The number of aromatic nitrogens is 3. The first kappa shape index (κ1) is 21.6. The zero-order valence-electron chi connectivity index (χ0n) is 18.6. The Morgan fingerprint density at radius 3 is 2.42 bits per heavy atom. The summed E-state index contributed by atoms with van der Waals surface area (Å²) in [7, 11) is 0. The van der Waals surface area contributed by atoms with Crippen molar-refractivity contribution in [3.8, 4) is 0 Å². The summed E-state index contributed by atoms with van der Waals surface area (Å²) in [5, 5.41) is 7.53. The topological polar surface area (TPSA) is 89.8 Å². The number of esters is 1. The highest BCUT2D eigenvalue weighted by Gasteiger charge is 2.61. The number of rotatable bonds is 5. The van der Waals surface area contributed by atoms with Gasteiger partial charge in [-0.2, -0.15) is 0 Å². The molecule has 11 heteroatoms. The fourth-order valence-corrected chi connectivity index (χ4v) is 4.80. The van der Waals surface area contributed by atoms with Gasteiger partial charge in [0, 0.05) is 31.4 Å². The highest BCUT2D eigenvalue weighted by molar-refractivity contribution is 5.90. The maximum atomic E-state index is 15.0. The average Bonchev–Trinajstić information content (AvgIpc) is 3.13. The van der Waals surface area contributed by atoms with Gasteiger partial charge in [0.05, 0.1) is 30.9 Å². The lowest BCUT2D eigenvalue weighted by molar-refractivity contribution is -0.157. The number of cyclic esters (lactones) is 1. The number of piperidine rings is 1. The second-order valence-electron chi connectivity index (χ2n) is 9.79. The molecule has 0 bridgehead atoms. The van der Waals surface area contributed by atoms with Crippen molar-refractivity contribution in [2.45, 2.75) is 39.0 Å². The molecule has 2 aromatic rings. The van der Waals surface area contributed by atoms with Gasteiger partial charge in [0.25, 0.3) is 0 Å². The monoisotopic (exact) mass is 461 g/mol. The lowest BCUT2D eigenvalue weighted by Gasteiger charge is -2.25. The molecule has 0 spiro atoms. The van der Waals surface area contributed by atoms with Crippen LogP contribution < -0.4 is 9.80 Å². The molecule has 3 fully saturated rings. The van der Waals surface area contributed by atoms with E-state index >= 15 is 0 Å². The van der Waals surface area contributed by atoms with E-state index in [1.54, 1.807) is 11.1 Å². The van der Waals surface area contributed by atoms with E-state index in [9.17, 15) is 18.4 Å². The minimum atomic E-state index is -0.757. The van der Waals surface area contributed by atoms with Crippen LogP contribution >= 0.6 is 0 Å². The molecule has 1 aromatic heterocycles. The van der Waals surface area contributed by atoms with E-state index in [1.807, 2.05) is 20.8 Å². The van der Waals surface area contributed by atoms with Crippen LogP contribution in [0.1, 0.15) is 20.8 Å². The highest BCUT2D eigenvalue weighted by atomic mass is 19.1. The molecule has 3 atom stereocenters. The van der Waals surface area contributed by atoms with Gasteiger partial charge in [-0.15, -0.1) is 5.10 Å².